The van der Waals surface area contributed by atoms with Gasteiger partial charge in [0.05, 0.1) is 0 Å². The third-order valence-electron chi connectivity index (χ3n) is 3.19. The zero-order valence-electron chi connectivity index (χ0n) is 12.3. The van der Waals surface area contributed by atoms with Gasteiger partial charge in [-0.2, -0.15) is 0 Å². The number of nitrogens with one attached hydrogen (secondary N) is 1. The fourth-order valence-electron chi connectivity index (χ4n) is 1.95. The van der Waals surface area contributed by atoms with Gasteiger partial charge in [-0.1, -0.05) is 51.0 Å². The molecular weight excluding hydrogens is 234 g/mol. The molecule has 106 valence electrons. The molecular formula is C17H27NO. The van der Waals surface area contributed by atoms with Crippen LogP contribution in [0.25, 0.3) is 0 Å². The van der Waals surface area contributed by atoms with Gasteiger partial charge in [0.2, 0.25) is 0 Å². The molecule has 2 nitrogen and oxygen atoms in total. The van der Waals surface area contributed by atoms with Crippen LogP contribution in [0.1, 0.15) is 45.1 Å². The van der Waals surface area contributed by atoms with E-state index in [2.05, 4.69) is 37.9 Å². The molecule has 1 rings (SSSR count). The molecule has 0 radical (unpaired) electrons. The van der Waals surface area contributed by atoms with Gasteiger partial charge in [-0.3, -0.25) is 0 Å². The van der Waals surface area contributed by atoms with E-state index in [0.717, 1.165) is 12.3 Å². The predicted molar refractivity (Wildman–Crippen MR) is 82.6 cm³/mol. The topological polar surface area (TPSA) is 21.3 Å². The molecule has 1 N–H and O–H groups in total. The zero-order valence-corrected chi connectivity index (χ0v) is 12.3. The summed E-state index contributed by atoms with van der Waals surface area (Å²) in [6.07, 6.45) is 6.96. The molecule has 0 amide bonds. The highest BCUT2D eigenvalue weighted by molar-refractivity contribution is 5.27. The average Bonchev–Trinajstić information content (AvgIpc) is 2.44. The molecule has 2 heteroatoms. The van der Waals surface area contributed by atoms with Gasteiger partial charge in [0.1, 0.15) is 12.4 Å². The Kier molecular flexibility index (Phi) is 7.99. The van der Waals surface area contributed by atoms with Crippen LogP contribution >= 0.6 is 0 Å². The molecule has 0 aliphatic rings. The van der Waals surface area contributed by atoms with Crippen LogP contribution in [-0.2, 0) is 6.54 Å². The van der Waals surface area contributed by atoms with E-state index in [0.29, 0.717) is 12.6 Å². The monoisotopic (exact) mass is 261 g/mol. The molecule has 1 aromatic carbocycles. The highest BCUT2D eigenvalue weighted by atomic mass is 16.5. The number of unbranched alkanes of at least 4 members (excludes halogenated alkanes) is 2. The fraction of sp³-hybridized carbons (Fsp3) is 0.529. The first-order valence-electron chi connectivity index (χ1n) is 7.32. The first kappa shape index (κ1) is 15.8. The molecule has 0 aliphatic carbocycles. The van der Waals surface area contributed by atoms with E-state index >= 15 is 0 Å². The van der Waals surface area contributed by atoms with E-state index in [1.807, 2.05) is 12.1 Å². The fourth-order valence-corrected chi connectivity index (χ4v) is 1.95. The Labute approximate surface area is 117 Å². The first-order valence-corrected chi connectivity index (χ1v) is 7.32. The molecule has 1 unspecified atom stereocenters. The number of benzene rings is 1. The summed E-state index contributed by atoms with van der Waals surface area (Å²) in [4.78, 5) is 0. The van der Waals surface area contributed by atoms with Gasteiger partial charge in [-0.15, -0.1) is 0 Å². The minimum Gasteiger partial charge on any atom is -0.490 e. The molecule has 0 saturated carbocycles. The van der Waals surface area contributed by atoms with Crippen molar-refractivity contribution < 1.29 is 4.74 Å². The molecule has 0 fully saturated rings. The number of hydrogen-bond donors (Lipinski definition) is 1. The van der Waals surface area contributed by atoms with Crippen LogP contribution in [0, 0.1) is 0 Å². The average molecular weight is 261 g/mol. The second kappa shape index (κ2) is 9.62. The van der Waals surface area contributed by atoms with E-state index in [4.69, 9.17) is 4.74 Å². The molecule has 0 spiro atoms. The van der Waals surface area contributed by atoms with Crippen molar-refractivity contribution in [1.29, 1.82) is 0 Å². The lowest BCUT2D eigenvalue weighted by Crippen LogP contribution is -2.25. The molecule has 1 aromatic rings. The van der Waals surface area contributed by atoms with E-state index in [9.17, 15) is 0 Å². The van der Waals surface area contributed by atoms with E-state index < -0.39 is 0 Å². The molecule has 0 bridgehead atoms. The highest BCUT2D eigenvalue weighted by Gasteiger charge is 2.01. The maximum atomic E-state index is 5.46. The van der Waals surface area contributed by atoms with Gasteiger partial charge in [0.15, 0.2) is 0 Å². The van der Waals surface area contributed by atoms with Crippen LogP contribution in [0.5, 0.6) is 5.75 Å². The predicted octanol–water partition coefficient (Wildman–Crippen LogP) is 4.31. The Balaban J connectivity index is 2.26. The Morgan fingerprint density at radius 2 is 2.00 bits per heavy atom. The molecule has 0 heterocycles. The van der Waals surface area contributed by atoms with Gasteiger partial charge >= 0.3 is 0 Å². The summed E-state index contributed by atoms with van der Waals surface area (Å²) >= 11 is 0. The second-order valence-electron chi connectivity index (χ2n) is 5.02. The smallest absolute Gasteiger partial charge is 0.119 e. The summed E-state index contributed by atoms with van der Waals surface area (Å²) in [6, 6.07) is 8.85. The standard InChI is InChI=1S/C17H27NO/c1-4-6-7-8-15(3)18-14-16-9-11-17(12-10-16)19-13-5-2/h5,9-12,15,18H,2,4,6-8,13-14H2,1,3H3. The number of hydrogen-bond acceptors (Lipinski definition) is 2. The highest BCUT2D eigenvalue weighted by Crippen LogP contribution is 2.12. The summed E-state index contributed by atoms with van der Waals surface area (Å²) in [5.41, 5.74) is 1.30. The van der Waals surface area contributed by atoms with Gasteiger partial charge in [-0.05, 0) is 31.0 Å². The van der Waals surface area contributed by atoms with Crippen molar-refractivity contribution in [2.24, 2.45) is 0 Å². The summed E-state index contributed by atoms with van der Waals surface area (Å²) < 4.78 is 5.46. The van der Waals surface area contributed by atoms with Gasteiger partial charge in [0.25, 0.3) is 0 Å². The van der Waals surface area contributed by atoms with Crippen molar-refractivity contribution in [2.75, 3.05) is 6.61 Å². The minimum atomic E-state index is 0.562. The van der Waals surface area contributed by atoms with Crippen molar-refractivity contribution in [3.63, 3.8) is 0 Å². The summed E-state index contributed by atoms with van der Waals surface area (Å²) in [5, 5.41) is 3.56. The first-order chi connectivity index (χ1) is 9.26. The number of rotatable bonds is 10. The minimum absolute atomic E-state index is 0.562. The van der Waals surface area contributed by atoms with Crippen LogP contribution in [0.4, 0.5) is 0 Å². The van der Waals surface area contributed by atoms with Crippen molar-refractivity contribution in [2.45, 2.75) is 52.1 Å². The molecule has 0 aromatic heterocycles. The van der Waals surface area contributed by atoms with Crippen molar-refractivity contribution in [3.05, 3.63) is 42.5 Å². The normalized spacial score (nSPS) is 12.1. The largest absolute Gasteiger partial charge is 0.490 e. The SMILES string of the molecule is C=CCOc1ccc(CNC(C)CCCCC)cc1. The Morgan fingerprint density at radius 3 is 2.63 bits per heavy atom. The van der Waals surface area contributed by atoms with Crippen LogP contribution < -0.4 is 10.1 Å². The third kappa shape index (κ3) is 7.02. The maximum absolute atomic E-state index is 5.46. The number of ether oxygens (including phenoxy) is 1. The van der Waals surface area contributed by atoms with Crippen molar-refractivity contribution in [3.8, 4) is 5.75 Å². The maximum Gasteiger partial charge on any atom is 0.119 e. The lowest BCUT2D eigenvalue weighted by Gasteiger charge is -2.13. The lowest BCUT2D eigenvalue weighted by molar-refractivity contribution is 0.363. The summed E-state index contributed by atoms with van der Waals surface area (Å²) in [6.45, 7) is 9.63. The van der Waals surface area contributed by atoms with Gasteiger partial charge < -0.3 is 10.1 Å². The molecule has 0 saturated heterocycles. The zero-order chi connectivity index (χ0) is 13.9. The molecule has 19 heavy (non-hydrogen) atoms. The van der Waals surface area contributed by atoms with Crippen LogP contribution in [0.15, 0.2) is 36.9 Å². The van der Waals surface area contributed by atoms with E-state index in [-0.39, 0.29) is 0 Å². The van der Waals surface area contributed by atoms with Crippen LogP contribution in [0.3, 0.4) is 0 Å². The lowest BCUT2D eigenvalue weighted by atomic mass is 10.1. The Morgan fingerprint density at radius 1 is 1.26 bits per heavy atom. The second-order valence-corrected chi connectivity index (χ2v) is 5.02. The Hall–Kier alpha value is -1.28. The van der Waals surface area contributed by atoms with Crippen molar-refractivity contribution in [1.82, 2.24) is 5.32 Å². The van der Waals surface area contributed by atoms with E-state index in [1.54, 1.807) is 6.08 Å². The quantitative estimate of drug-likeness (QED) is 0.500. The van der Waals surface area contributed by atoms with E-state index in [1.165, 1.54) is 31.2 Å². The third-order valence-corrected chi connectivity index (χ3v) is 3.19. The summed E-state index contributed by atoms with van der Waals surface area (Å²) in [5.74, 6) is 0.902. The van der Waals surface area contributed by atoms with Gasteiger partial charge in [-0.25, -0.2) is 0 Å². The van der Waals surface area contributed by atoms with Gasteiger partial charge in [0, 0.05) is 12.6 Å². The van der Waals surface area contributed by atoms with Crippen LogP contribution in [-0.4, -0.2) is 12.6 Å². The molecule has 0 aliphatic heterocycles. The molecule has 1 atom stereocenters. The van der Waals surface area contributed by atoms with Crippen molar-refractivity contribution >= 4 is 0 Å². The summed E-state index contributed by atoms with van der Waals surface area (Å²) in [7, 11) is 0. The van der Waals surface area contributed by atoms with Crippen LogP contribution in [0.2, 0.25) is 0 Å². The Bertz CT molecular complexity index is 345.